The number of rotatable bonds is 68. The Morgan fingerprint density at radius 3 is 0.976 bits per heavy atom. The third kappa shape index (κ3) is 67.8. The van der Waals surface area contributed by atoms with Crippen LogP contribution in [0.1, 0.15) is 367 Å². The summed E-state index contributed by atoms with van der Waals surface area (Å²) in [6.45, 7) is 4.67. The lowest BCUT2D eigenvalue weighted by Gasteiger charge is -2.29. The smallest absolute Gasteiger partial charge is 0.268 e. The molecule has 0 heterocycles. The number of phosphoric acid groups is 1. The number of quaternary nitrogens is 1. The quantitative estimate of drug-likeness (QED) is 0.0272. The number of hydrogen-bond donors (Lipinski definition) is 2. The van der Waals surface area contributed by atoms with Crippen LogP contribution < -0.4 is 10.2 Å². The number of aliphatic hydroxyl groups excluding tert-OH is 1. The van der Waals surface area contributed by atoms with Crippen LogP contribution >= 0.6 is 7.82 Å². The van der Waals surface area contributed by atoms with Gasteiger partial charge in [0.2, 0.25) is 5.91 Å². The Labute approximate surface area is 518 Å². The molecule has 0 radical (unpaired) electrons. The minimum atomic E-state index is -4.62. The second-order valence-corrected chi connectivity index (χ2v) is 27.7. The molecule has 3 unspecified atom stereocenters. The van der Waals surface area contributed by atoms with Gasteiger partial charge in [-0.15, -0.1) is 0 Å². The number of hydrogen-bond acceptors (Lipinski definition) is 6. The molecule has 0 saturated carbocycles. The Hall–Kier alpha value is -1.54. The molecule has 0 fully saturated rings. The van der Waals surface area contributed by atoms with Crippen LogP contribution in [0.2, 0.25) is 0 Å². The molecule has 9 heteroatoms. The van der Waals surface area contributed by atoms with Crippen molar-refractivity contribution in [3.8, 4) is 0 Å². The van der Waals surface area contributed by atoms with Gasteiger partial charge in [-0.25, -0.2) is 0 Å². The van der Waals surface area contributed by atoms with Crippen LogP contribution in [0.3, 0.4) is 0 Å². The minimum absolute atomic E-state index is 0.00834. The fourth-order valence-electron chi connectivity index (χ4n) is 11.1. The highest BCUT2D eigenvalue weighted by Gasteiger charge is 2.23. The Kier molecular flexibility index (Phi) is 63.7. The lowest BCUT2D eigenvalue weighted by atomic mass is 10.0. The molecule has 0 aromatic heterocycles. The lowest BCUT2D eigenvalue weighted by molar-refractivity contribution is -0.870. The maximum Gasteiger partial charge on any atom is 0.268 e. The van der Waals surface area contributed by atoms with Crippen LogP contribution in [0.4, 0.5) is 0 Å². The zero-order valence-electron chi connectivity index (χ0n) is 56.2. The van der Waals surface area contributed by atoms with E-state index in [0.717, 1.165) is 44.9 Å². The van der Waals surface area contributed by atoms with Gasteiger partial charge in [0.05, 0.1) is 39.9 Å². The highest BCUT2D eigenvalue weighted by Crippen LogP contribution is 2.38. The van der Waals surface area contributed by atoms with Crippen molar-refractivity contribution in [3.63, 3.8) is 0 Å². The molecular weight excluding hydrogens is 1040 g/mol. The number of carbonyl (C=O) groups excluding carboxylic acids is 1. The Morgan fingerprint density at radius 2 is 0.675 bits per heavy atom. The summed E-state index contributed by atoms with van der Waals surface area (Å²) in [5.41, 5.74) is 0. The number of nitrogens with one attached hydrogen (secondary N) is 1. The number of aliphatic hydroxyl groups is 1. The van der Waals surface area contributed by atoms with E-state index in [4.69, 9.17) is 9.05 Å². The Bertz CT molecular complexity index is 1490. The Balaban J connectivity index is 3.98. The molecular formula is C74H143N2O6P. The summed E-state index contributed by atoms with van der Waals surface area (Å²) < 4.78 is 23.4. The number of carbonyl (C=O) groups is 1. The SMILES string of the molecule is CCCCCCCCCCCCCC/C=C/CC/C=C/CC/C=C/C(O)C(COP(=O)([O-])OCC[N+](C)(C)C)NC(=O)CCCCCCCCCCCCCCCCCCC/C=C\CCCCCCCCCCCCCCCCCCCC. The molecule has 0 aliphatic heterocycles. The average Bonchev–Trinajstić information content (AvgIpc) is 3.50. The fraction of sp³-hybridized carbons (Fsp3) is 0.878. The molecule has 0 aliphatic rings. The van der Waals surface area contributed by atoms with Crippen LogP contribution in [-0.2, 0) is 18.4 Å². The van der Waals surface area contributed by atoms with E-state index in [-0.39, 0.29) is 12.5 Å². The first kappa shape index (κ1) is 81.5. The van der Waals surface area contributed by atoms with E-state index in [1.807, 2.05) is 27.2 Å². The number of unbranched alkanes of at least 4 members (excludes halogenated alkanes) is 49. The van der Waals surface area contributed by atoms with Crippen LogP contribution in [0.15, 0.2) is 48.6 Å². The predicted octanol–water partition coefficient (Wildman–Crippen LogP) is 22.8. The van der Waals surface area contributed by atoms with Crippen LogP contribution in [0.25, 0.3) is 0 Å². The van der Waals surface area contributed by atoms with E-state index >= 15 is 0 Å². The summed E-state index contributed by atoms with van der Waals surface area (Å²) in [4.78, 5) is 25.6. The summed E-state index contributed by atoms with van der Waals surface area (Å²) in [7, 11) is 1.25. The van der Waals surface area contributed by atoms with E-state index < -0.39 is 26.6 Å². The van der Waals surface area contributed by atoms with E-state index in [1.165, 1.54) is 302 Å². The first-order valence-corrected chi connectivity index (χ1v) is 38.0. The van der Waals surface area contributed by atoms with Gasteiger partial charge in [0, 0.05) is 6.42 Å². The summed E-state index contributed by atoms with van der Waals surface area (Å²) in [6, 6.07) is -0.911. The third-order valence-corrected chi connectivity index (χ3v) is 17.7. The molecule has 3 atom stereocenters. The summed E-state index contributed by atoms with van der Waals surface area (Å²) >= 11 is 0. The van der Waals surface area contributed by atoms with Crippen LogP contribution in [-0.4, -0.2) is 68.5 Å². The molecule has 0 saturated heterocycles. The monoisotopic (exact) mass is 1190 g/mol. The second-order valence-electron chi connectivity index (χ2n) is 26.3. The topological polar surface area (TPSA) is 108 Å². The summed E-state index contributed by atoms with van der Waals surface area (Å²) in [5.74, 6) is -0.206. The Morgan fingerprint density at radius 1 is 0.410 bits per heavy atom. The van der Waals surface area contributed by atoms with Crippen molar-refractivity contribution < 1.29 is 32.9 Å². The zero-order valence-corrected chi connectivity index (χ0v) is 57.1. The molecule has 1 amide bonds. The van der Waals surface area contributed by atoms with Crippen molar-refractivity contribution in [2.75, 3.05) is 40.9 Å². The molecule has 0 spiro atoms. The van der Waals surface area contributed by atoms with Gasteiger partial charge in [-0.05, 0) is 70.6 Å². The number of amides is 1. The molecule has 2 N–H and O–H groups in total. The van der Waals surface area contributed by atoms with Gasteiger partial charge >= 0.3 is 0 Å². The van der Waals surface area contributed by atoms with Gasteiger partial charge in [-0.2, -0.15) is 0 Å². The number of nitrogens with zero attached hydrogens (tertiary/aromatic N) is 1. The maximum atomic E-state index is 13.0. The van der Waals surface area contributed by atoms with Crippen molar-refractivity contribution in [2.24, 2.45) is 0 Å². The number of allylic oxidation sites excluding steroid dienone is 7. The fourth-order valence-corrected chi connectivity index (χ4v) is 11.8. The van der Waals surface area contributed by atoms with E-state index in [0.29, 0.717) is 17.4 Å². The van der Waals surface area contributed by atoms with E-state index in [1.54, 1.807) is 6.08 Å². The second kappa shape index (κ2) is 64.9. The van der Waals surface area contributed by atoms with Crippen molar-refractivity contribution in [2.45, 2.75) is 379 Å². The van der Waals surface area contributed by atoms with Gasteiger partial charge in [0.25, 0.3) is 7.82 Å². The molecule has 0 aromatic rings. The molecule has 0 rings (SSSR count). The first-order valence-electron chi connectivity index (χ1n) is 36.5. The van der Waals surface area contributed by atoms with Crippen LogP contribution in [0.5, 0.6) is 0 Å². The van der Waals surface area contributed by atoms with Gasteiger partial charge in [0.15, 0.2) is 0 Å². The molecule has 0 aliphatic carbocycles. The van der Waals surface area contributed by atoms with E-state index in [9.17, 15) is 19.4 Å². The largest absolute Gasteiger partial charge is 0.756 e. The molecule has 0 bridgehead atoms. The minimum Gasteiger partial charge on any atom is -0.756 e. The molecule has 490 valence electrons. The first-order chi connectivity index (χ1) is 40.5. The standard InChI is InChI=1S/C74H143N2O6P/c1-6-8-10-12-14-16-18-20-22-24-26-28-30-31-32-33-34-35-36-37-38-39-40-41-42-43-44-45-46-48-50-52-54-56-58-60-62-64-66-68-74(78)75-72(71-82-83(79,80)81-70-69-76(3,4)5)73(77)67-65-63-61-59-57-55-53-51-49-47-29-27-25-23-21-19-17-15-13-11-9-7-2/h37-38,49,51,57,59,65,67,72-73,77H,6-36,39-48,50,52-56,58,60-64,66,68-71H2,1-5H3,(H-,75,78,79,80)/b38-37-,51-49+,59-57+,67-65+. The highest BCUT2D eigenvalue weighted by atomic mass is 31.2. The van der Waals surface area contributed by atoms with Crippen LogP contribution in [0, 0.1) is 0 Å². The average molecular weight is 1190 g/mol. The third-order valence-electron chi connectivity index (χ3n) is 16.7. The molecule has 83 heavy (non-hydrogen) atoms. The summed E-state index contributed by atoms with van der Waals surface area (Å²) in [6.07, 6.45) is 88.4. The van der Waals surface area contributed by atoms with Gasteiger partial charge in [-0.1, -0.05) is 339 Å². The zero-order chi connectivity index (χ0) is 60.5. The van der Waals surface area contributed by atoms with Crippen molar-refractivity contribution in [1.29, 1.82) is 0 Å². The summed E-state index contributed by atoms with van der Waals surface area (Å²) in [5, 5.41) is 13.9. The highest BCUT2D eigenvalue weighted by molar-refractivity contribution is 7.45. The molecule has 0 aromatic carbocycles. The number of likely N-dealkylation sites (N-methyl/N-ethyl adjacent to an activating group) is 1. The van der Waals surface area contributed by atoms with Gasteiger partial charge in [0.1, 0.15) is 13.2 Å². The van der Waals surface area contributed by atoms with Gasteiger partial charge in [-0.3, -0.25) is 9.36 Å². The number of phosphoric ester groups is 1. The van der Waals surface area contributed by atoms with Gasteiger partial charge < -0.3 is 28.8 Å². The normalized spacial score (nSPS) is 13.9. The van der Waals surface area contributed by atoms with Crippen molar-refractivity contribution >= 4 is 13.7 Å². The van der Waals surface area contributed by atoms with E-state index in [2.05, 4.69) is 55.6 Å². The maximum absolute atomic E-state index is 13.0. The molecule has 8 nitrogen and oxygen atoms in total. The predicted molar refractivity (Wildman–Crippen MR) is 362 cm³/mol. The van der Waals surface area contributed by atoms with Crippen molar-refractivity contribution in [1.82, 2.24) is 5.32 Å². The lowest BCUT2D eigenvalue weighted by Crippen LogP contribution is -2.45. The van der Waals surface area contributed by atoms with Crippen molar-refractivity contribution in [3.05, 3.63) is 48.6 Å².